The summed E-state index contributed by atoms with van der Waals surface area (Å²) in [5, 5.41) is 2.95. The van der Waals surface area contributed by atoms with Gasteiger partial charge in [-0.05, 0) is 12.1 Å². The molecule has 4 rings (SSSR count). The monoisotopic (exact) mass is 482 g/mol. The third-order valence-corrected chi connectivity index (χ3v) is 11.8. The fraction of sp³-hybridized carbons (Fsp3) is 0.133. The Morgan fingerprint density at radius 3 is 1.29 bits per heavy atom. The standard InChI is InChI=1S/C30H28O2P2/c1-2-15-28(34(32,29-20-11-5-12-21-29)30-22-13-6-14-23-30)24-25-33(31,26-16-7-3-8-17-26)27-18-9-4-10-19-27/h3-14,16-23,28H,2,15H2,1H3. The molecule has 0 amide bonds. The fourth-order valence-electron chi connectivity index (χ4n) is 4.15. The normalized spacial score (nSPS) is 12.4. The molecule has 4 heteroatoms. The Hall–Kier alpha value is -3.10. The van der Waals surface area contributed by atoms with Crippen LogP contribution in [0.4, 0.5) is 0 Å². The second-order valence-electron chi connectivity index (χ2n) is 8.17. The molecular weight excluding hydrogens is 454 g/mol. The largest absolute Gasteiger partial charge is 0.312 e. The van der Waals surface area contributed by atoms with E-state index in [2.05, 4.69) is 18.5 Å². The van der Waals surface area contributed by atoms with Gasteiger partial charge in [0.25, 0.3) is 0 Å². The van der Waals surface area contributed by atoms with E-state index in [1.807, 2.05) is 121 Å². The Morgan fingerprint density at radius 2 is 0.941 bits per heavy atom. The van der Waals surface area contributed by atoms with E-state index in [9.17, 15) is 9.13 Å². The summed E-state index contributed by atoms with van der Waals surface area (Å²) in [7, 11) is -6.35. The molecule has 0 aliphatic rings. The van der Waals surface area contributed by atoms with Crippen molar-refractivity contribution in [1.82, 2.24) is 0 Å². The average Bonchev–Trinajstić information content (AvgIpc) is 2.92. The van der Waals surface area contributed by atoms with Gasteiger partial charge in [0.05, 0.1) is 5.66 Å². The van der Waals surface area contributed by atoms with Gasteiger partial charge in [-0.2, -0.15) is 0 Å². The quantitative estimate of drug-likeness (QED) is 0.234. The minimum Gasteiger partial charge on any atom is -0.312 e. The van der Waals surface area contributed by atoms with Crippen LogP contribution in [-0.2, 0) is 9.13 Å². The number of benzene rings is 4. The molecule has 0 N–H and O–H groups in total. The van der Waals surface area contributed by atoms with Crippen molar-refractivity contribution in [3.8, 4) is 11.6 Å². The maximum absolute atomic E-state index is 14.9. The molecule has 0 spiro atoms. The molecule has 0 fully saturated rings. The lowest BCUT2D eigenvalue weighted by Gasteiger charge is -2.25. The summed E-state index contributed by atoms with van der Waals surface area (Å²) in [6.45, 7) is 2.07. The first-order chi connectivity index (χ1) is 16.6. The highest BCUT2D eigenvalue weighted by molar-refractivity contribution is 7.83. The van der Waals surface area contributed by atoms with Gasteiger partial charge >= 0.3 is 0 Å². The van der Waals surface area contributed by atoms with E-state index < -0.39 is 19.9 Å². The lowest BCUT2D eigenvalue weighted by atomic mass is 10.2. The van der Waals surface area contributed by atoms with Gasteiger partial charge in [-0.15, -0.1) is 0 Å². The van der Waals surface area contributed by atoms with Gasteiger partial charge in [-0.1, -0.05) is 141 Å². The highest BCUT2D eigenvalue weighted by Gasteiger charge is 2.36. The number of rotatable bonds is 7. The Bertz CT molecular complexity index is 1270. The van der Waals surface area contributed by atoms with Gasteiger partial charge in [0.15, 0.2) is 7.14 Å². The Labute approximate surface area is 202 Å². The maximum Gasteiger partial charge on any atom is 0.210 e. The number of hydrogen-bond acceptors (Lipinski definition) is 2. The zero-order chi connectivity index (χ0) is 23.9. The minimum absolute atomic E-state index is 0.442. The van der Waals surface area contributed by atoms with Crippen molar-refractivity contribution in [3.05, 3.63) is 121 Å². The molecule has 0 saturated carbocycles. The van der Waals surface area contributed by atoms with E-state index >= 15 is 0 Å². The van der Waals surface area contributed by atoms with Gasteiger partial charge in [0, 0.05) is 21.2 Å². The van der Waals surface area contributed by atoms with Crippen LogP contribution in [0.25, 0.3) is 0 Å². The molecule has 1 atom stereocenters. The lowest BCUT2D eigenvalue weighted by molar-refractivity contribution is 0.580. The smallest absolute Gasteiger partial charge is 0.210 e. The van der Waals surface area contributed by atoms with Crippen LogP contribution in [0.1, 0.15) is 19.8 Å². The molecular formula is C30H28O2P2. The topological polar surface area (TPSA) is 34.1 Å². The van der Waals surface area contributed by atoms with Crippen LogP contribution in [0.2, 0.25) is 0 Å². The van der Waals surface area contributed by atoms with E-state index in [4.69, 9.17) is 0 Å². The van der Waals surface area contributed by atoms with Crippen molar-refractivity contribution in [3.63, 3.8) is 0 Å². The molecule has 4 aromatic rings. The summed E-state index contributed by atoms with van der Waals surface area (Å²) in [5.41, 5.74) is 2.75. The minimum atomic E-state index is -3.24. The van der Waals surface area contributed by atoms with E-state index in [0.29, 0.717) is 17.0 Å². The molecule has 0 aliphatic heterocycles. The van der Waals surface area contributed by atoms with Crippen molar-refractivity contribution in [2.75, 3.05) is 0 Å². The molecule has 0 radical (unpaired) electrons. The zero-order valence-corrected chi connectivity index (χ0v) is 21.0. The predicted octanol–water partition coefficient (Wildman–Crippen LogP) is 6.14. The van der Waals surface area contributed by atoms with Crippen LogP contribution in [0.5, 0.6) is 0 Å². The summed E-state index contributed by atoms with van der Waals surface area (Å²) in [5.74, 6) is 3.32. The average molecular weight is 483 g/mol. The van der Waals surface area contributed by atoms with E-state index in [1.165, 1.54) is 0 Å². The summed E-state index contributed by atoms with van der Waals surface area (Å²) in [6, 6.07) is 38.0. The molecule has 0 saturated heterocycles. The van der Waals surface area contributed by atoms with E-state index in [0.717, 1.165) is 17.0 Å². The molecule has 1 unspecified atom stereocenters. The van der Waals surface area contributed by atoms with Gasteiger partial charge in [-0.3, -0.25) is 4.57 Å². The first kappa shape index (κ1) is 24.0. The SMILES string of the molecule is CCCC(C#CP(=O)(c1ccccc1)c1ccccc1)P(=O)(c1ccccc1)c1ccccc1. The summed E-state index contributed by atoms with van der Waals surface area (Å²) in [6.07, 6.45) is 1.47. The molecule has 4 aromatic carbocycles. The summed E-state index contributed by atoms with van der Waals surface area (Å²) < 4.78 is 29.4. The van der Waals surface area contributed by atoms with E-state index in [-0.39, 0.29) is 0 Å². The Morgan fingerprint density at radius 1 is 0.588 bits per heavy atom. The molecule has 170 valence electrons. The maximum atomic E-state index is 14.9. The predicted molar refractivity (Wildman–Crippen MR) is 146 cm³/mol. The lowest BCUT2D eigenvalue weighted by Crippen LogP contribution is -2.25. The van der Waals surface area contributed by atoms with Gasteiger partial charge in [-0.25, -0.2) is 0 Å². The second kappa shape index (κ2) is 10.9. The number of hydrogen-bond donors (Lipinski definition) is 0. The van der Waals surface area contributed by atoms with E-state index in [1.54, 1.807) is 0 Å². The van der Waals surface area contributed by atoms with Crippen LogP contribution in [-0.4, -0.2) is 5.66 Å². The third kappa shape index (κ3) is 4.88. The molecule has 0 heterocycles. The first-order valence-corrected chi connectivity index (χ1v) is 15.0. The molecule has 34 heavy (non-hydrogen) atoms. The van der Waals surface area contributed by atoms with Crippen LogP contribution < -0.4 is 21.2 Å². The molecule has 2 nitrogen and oxygen atoms in total. The van der Waals surface area contributed by atoms with Crippen molar-refractivity contribution >= 4 is 35.5 Å². The molecule has 0 aliphatic carbocycles. The second-order valence-corrected chi connectivity index (χ2v) is 13.6. The Kier molecular flexibility index (Phi) is 7.70. The van der Waals surface area contributed by atoms with Crippen LogP contribution in [0, 0.1) is 11.6 Å². The van der Waals surface area contributed by atoms with Gasteiger partial charge < -0.3 is 4.57 Å². The Balaban J connectivity index is 1.91. The highest BCUT2D eigenvalue weighted by Crippen LogP contribution is 2.51. The first-order valence-electron chi connectivity index (χ1n) is 11.5. The fourth-order valence-corrected chi connectivity index (χ4v) is 9.44. The van der Waals surface area contributed by atoms with Crippen molar-refractivity contribution < 1.29 is 9.13 Å². The zero-order valence-electron chi connectivity index (χ0n) is 19.2. The van der Waals surface area contributed by atoms with Crippen molar-refractivity contribution in [1.29, 1.82) is 0 Å². The van der Waals surface area contributed by atoms with Crippen molar-refractivity contribution in [2.45, 2.75) is 25.4 Å². The van der Waals surface area contributed by atoms with Gasteiger partial charge in [0.2, 0.25) is 7.14 Å². The van der Waals surface area contributed by atoms with Crippen molar-refractivity contribution in [2.24, 2.45) is 0 Å². The molecule has 0 bridgehead atoms. The molecule has 0 aromatic heterocycles. The van der Waals surface area contributed by atoms with Gasteiger partial charge in [0.1, 0.15) is 0 Å². The van der Waals surface area contributed by atoms with Crippen LogP contribution in [0.3, 0.4) is 0 Å². The summed E-state index contributed by atoms with van der Waals surface area (Å²) >= 11 is 0. The highest BCUT2D eigenvalue weighted by atomic mass is 31.2. The third-order valence-electron chi connectivity index (χ3n) is 5.91. The van der Waals surface area contributed by atoms with Crippen LogP contribution >= 0.6 is 14.3 Å². The van der Waals surface area contributed by atoms with Crippen LogP contribution in [0.15, 0.2) is 121 Å². The summed E-state index contributed by atoms with van der Waals surface area (Å²) in [4.78, 5) is 0.